The Bertz CT molecular complexity index is 7110. The van der Waals surface area contributed by atoms with Gasteiger partial charge in [-0.25, -0.2) is 8.78 Å². The van der Waals surface area contributed by atoms with Crippen molar-refractivity contribution in [1.29, 1.82) is 0 Å². The molecular formula is C124H116F2N4O4. The van der Waals surface area contributed by atoms with Crippen LogP contribution in [0.1, 0.15) is 174 Å². The molecule has 16 aromatic carbocycles. The Kier molecular flexibility index (Phi) is 23.7. The van der Waals surface area contributed by atoms with Crippen LogP contribution < -0.4 is 16.0 Å². The number of halogens is 2. The SMILES string of the molecule is CC(=O)c1cc(-c2ccc(C34CCN(CC3)CC4)cc2)c2ccc(-c3ccc(C)cc3)cc2c1.CC(=O)c1cc(-c2ccc(C34CCNCC3C4(F)F)cc2)c2ccc(-c3ccc(C)cc3)cc2c1.CC(=O)c1cc(-c2ccc(C34CCNCC3C4)cc2)c2ccc(-c3ccc(C)cc3)cc2c1.[3H]C1CNCCC1([3H])c1ccc(-c2cc(C(C)=O)cc3cc(-c4ccc(C)cc4)ccc23)cc1. The maximum Gasteiger partial charge on any atom is 0.263 e. The summed E-state index contributed by atoms with van der Waals surface area (Å²) in [6.45, 7) is 23.1. The van der Waals surface area contributed by atoms with Crippen molar-refractivity contribution in [3.05, 3.63) is 382 Å². The highest BCUT2D eigenvalue weighted by atomic mass is 19.3. The largest absolute Gasteiger partial charge is 0.317 e. The number of carbonyl (C=O) groups excluding carboxylic acids is 4. The van der Waals surface area contributed by atoms with Gasteiger partial charge in [-0.05, 0) is 403 Å². The first-order valence-corrected chi connectivity index (χ1v) is 47.9. The molecule has 10 heteroatoms. The lowest BCUT2D eigenvalue weighted by molar-refractivity contribution is 0.0780. The molecule has 16 aromatic rings. The number of fused-ring (bicyclic) bond motifs is 9. The Morgan fingerprint density at radius 3 is 1.00 bits per heavy atom. The van der Waals surface area contributed by atoms with Crippen LogP contribution in [0.25, 0.3) is 132 Å². The number of aryl methyl sites for hydroxylation is 4. The molecular weight excluding hydrogens is 1650 g/mol. The average Bonchev–Trinajstić information content (AvgIpc) is 1.50. The standard InChI is InChI=1S/C32H31NO.C31H27F2NO.C31H29NO.C30H29NO/c1-22-3-5-24(6-4-22)26-9-12-30-28(19-26)20-27(23(2)34)21-31(30)25-7-10-29(11-8-25)32-13-16-33(17-14-32)18-15-32;1-19-3-5-21(6-4-19)23-9-12-27-25(15-23)16-24(20(2)35)17-28(27)22-7-10-26(11-8-22)30-13-14-34-18-29(30)31(30,32)33;1-20-3-5-22(6-4-20)24-9-12-29-26(15-24)16-25(21(2)33)17-30(29)23-7-10-27(11-8-23)31-13-14-32-19-28(31)18-31;1-20-3-5-23(6-4-20)26-11-12-29-28(17-26)18-27(21(2)32)19-30(29)25-9-7-22(8-10-25)24-13-15-31-16-14-24/h3-12,19-21H,13-18H2,1-2H3;3-12,15-17,29,34H,13-14,18H2,1-2H3;3-12,15-17,28,32H,13-14,18-19H2,1-2H3;3-12,17-19,24,31H,13-16H2,1-2H3/i;;;13T,24T. The third-order valence-electron chi connectivity index (χ3n) is 30.6. The fourth-order valence-electron chi connectivity index (χ4n) is 22.2. The Morgan fingerprint density at radius 2 is 0.657 bits per heavy atom. The summed E-state index contributed by atoms with van der Waals surface area (Å²) in [6.07, 6.45) is 6.96. The maximum absolute atomic E-state index is 14.7. The fraction of sp³-hybridized carbons (Fsp3) is 0.258. The zero-order chi connectivity index (χ0) is 94.1. The molecule has 6 heterocycles. The van der Waals surface area contributed by atoms with Crippen molar-refractivity contribution in [2.75, 3.05) is 58.9 Å². The minimum Gasteiger partial charge on any atom is -0.317 e. The number of ketones is 4. The lowest BCUT2D eigenvalue weighted by Crippen LogP contribution is -2.50. The first-order chi connectivity index (χ1) is 65.7. The highest BCUT2D eigenvalue weighted by Crippen LogP contribution is 2.69. The Hall–Kier alpha value is -13.1. The van der Waals surface area contributed by atoms with E-state index in [1.54, 1.807) is 27.7 Å². The second-order valence-corrected chi connectivity index (χ2v) is 39.0. The van der Waals surface area contributed by atoms with E-state index in [0.29, 0.717) is 60.0 Å². The van der Waals surface area contributed by atoms with Crippen LogP contribution in [0.4, 0.5) is 8.78 Å². The van der Waals surface area contributed by atoms with Gasteiger partial charge < -0.3 is 20.9 Å². The van der Waals surface area contributed by atoms with Crippen LogP contribution in [0.15, 0.2) is 315 Å². The van der Waals surface area contributed by atoms with Crippen molar-refractivity contribution >= 4 is 66.2 Å². The number of carbonyl (C=O) groups is 4. The molecule has 0 amide bonds. The summed E-state index contributed by atoms with van der Waals surface area (Å²) in [7, 11) is 0. The van der Waals surface area contributed by atoms with E-state index in [-0.39, 0.29) is 23.1 Å². The second kappa shape index (κ2) is 36.7. The Labute approximate surface area is 789 Å². The first-order valence-electron chi connectivity index (χ1n) is 49.0. The van der Waals surface area contributed by atoms with E-state index in [1.165, 1.54) is 129 Å². The Morgan fingerprint density at radius 1 is 0.336 bits per heavy atom. The lowest BCUT2D eigenvalue weighted by Gasteiger charge is -2.49. The molecule has 0 spiro atoms. The van der Waals surface area contributed by atoms with Gasteiger partial charge in [-0.1, -0.05) is 265 Å². The van der Waals surface area contributed by atoms with Crippen molar-refractivity contribution < 1.29 is 30.7 Å². The van der Waals surface area contributed by atoms with Gasteiger partial charge in [0, 0.05) is 37.0 Å². The summed E-state index contributed by atoms with van der Waals surface area (Å²) in [5, 5.41) is 18.6. The number of hydrogen-bond donors (Lipinski definition) is 3. The molecule has 2 saturated carbocycles. The number of piperidine rings is 6. The molecule has 670 valence electrons. The van der Waals surface area contributed by atoms with Crippen molar-refractivity contribution in [1.82, 2.24) is 20.9 Å². The minimum absolute atomic E-state index is 0.000400. The molecule has 2 bridgehead atoms. The Balaban J connectivity index is 0.000000112. The molecule has 0 radical (unpaired) electrons. The molecule has 6 saturated heterocycles. The van der Waals surface area contributed by atoms with Gasteiger partial charge in [-0.15, -0.1) is 0 Å². The van der Waals surface area contributed by atoms with Gasteiger partial charge in [-0.2, -0.15) is 0 Å². The highest BCUT2D eigenvalue weighted by molar-refractivity contribution is 6.10. The van der Waals surface area contributed by atoms with E-state index in [9.17, 15) is 28.0 Å². The molecule has 6 unspecified atom stereocenters. The van der Waals surface area contributed by atoms with Crippen LogP contribution in [-0.4, -0.2) is 92.9 Å². The van der Waals surface area contributed by atoms with Gasteiger partial charge in [0.25, 0.3) is 5.92 Å². The summed E-state index contributed by atoms with van der Waals surface area (Å²) in [5.41, 5.74) is 29.9. The van der Waals surface area contributed by atoms with Crippen LogP contribution in [-0.2, 0) is 16.2 Å². The number of nitrogens with one attached hydrogen (secondary N) is 3. The summed E-state index contributed by atoms with van der Waals surface area (Å²) in [5.74, 6) is -3.15. The van der Waals surface area contributed by atoms with Crippen LogP contribution in [0, 0.1) is 39.5 Å². The molecule has 3 N–H and O–H groups in total. The molecule has 8 fully saturated rings. The third-order valence-corrected chi connectivity index (χ3v) is 30.6. The number of Topliss-reactive ketones (excluding diaryl/α,β-unsaturated/α-hetero) is 4. The van der Waals surface area contributed by atoms with Gasteiger partial charge in [0.1, 0.15) is 0 Å². The topological polar surface area (TPSA) is 108 Å². The van der Waals surface area contributed by atoms with Gasteiger partial charge in [0.2, 0.25) is 0 Å². The maximum atomic E-state index is 14.7. The zero-order valence-corrected chi connectivity index (χ0v) is 77.9. The second-order valence-electron chi connectivity index (χ2n) is 39.0. The predicted octanol–water partition coefficient (Wildman–Crippen LogP) is 28.7. The van der Waals surface area contributed by atoms with Gasteiger partial charge in [0.05, 0.1) is 11.3 Å². The van der Waals surface area contributed by atoms with Crippen LogP contribution in [0.5, 0.6) is 0 Å². The molecule has 8 aliphatic rings. The molecule has 6 atom stereocenters. The molecule has 2 aliphatic carbocycles. The van der Waals surface area contributed by atoms with Crippen molar-refractivity contribution in [2.24, 2.45) is 11.8 Å². The van der Waals surface area contributed by atoms with Crippen molar-refractivity contribution in [2.45, 2.75) is 135 Å². The van der Waals surface area contributed by atoms with E-state index in [1.807, 2.05) is 84.9 Å². The van der Waals surface area contributed by atoms with Crippen molar-refractivity contribution in [3.8, 4) is 89.0 Å². The molecule has 6 aliphatic heterocycles. The summed E-state index contributed by atoms with van der Waals surface area (Å²) in [6, 6.07) is 110. The lowest BCUT2D eigenvalue weighted by atomic mass is 9.67. The van der Waals surface area contributed by atoms with E-state index in [4.69, 9.17) is 2.74 Å². The van der Waals surface area contributed by atoms with E-state index < -0.39 is 29.5 Å². The van der Waals surface area contributed by atoms with E-state index >= 15 is 0 Å². The van der Waals surface area contributed by atoms with Gasteiger partial charge in [-0.3, -0.25) is 19.2 Å². The number of rotatable bonds is 16. The van der Waals surface area contributed by atoms with Crippen molar-refractivity contribution in [3.63, 3.8) is 0 Å². The predicted molar refractivity (Wildman–Crippen MR) is 550 cm³/mol. The number of hydrogen-bond acceptors (Lipinski definition) is 8. The number of alkyl halides is 2. The molecule has 24 rings (SSSR count). The van der Waals surface area contributed by atoms with Crippen LogP contribution in [0.2, 0.25) is 0 Å². The van der Waals surface area contributed by atoms with Gasteiger partial charge in [0.15, 0.2) is 23.1 Å². The fourth-order valence-corrected chi connectivity index (χ4v) is 22.2. The summed E-state index contributed by atoms with van der Waals surface area (Å²) >= 11 is 0. The smallest absolute Gasteiger partial charge is 0.263 e. The zero-order valence-electron chi connectivity index (χ0n) is 79.9. The summed E-state index contributed by atoms with van der Waals surface area (Å²) < 4.78 is 46.8. The molecule has 8 nitrogen and oxygen atoms in total. The number of benzene rings is 16. The highest BCUT2D eigenvalue weighted by Gasteiger charge is 2.81. The third kappa shape index (κ3) is 17.6. The molecule has 0 aromatic heterocycles. The van der Waals surface area contributed by atoms with Crippen LogP contribution in [0.3, 0.4) is 0 Å². The van der Waals surface area contributed by atoms with Crippen LogP contribution >= 0.6 is 0 Å². The summed E-state index contributed by atoms with van der Waals surface area (Å²) in [4.78, 5) is 52.1. The average molecular weight is 1770 g/mol. The minimum atomic E-state index is -2.66. The van der Waals surface area contributed by atoms with Gasteiger partial charge >= 0.3 is 0 Å². The van der Waals surface area contributed by atoms with E-state index in [0.717, 1.165) is 130 Å². The van der Waals surface area contributed by atoms with E-state index in [2.05, 4.69) is 279 Å². The normalized spacial score (nSPS) is 21.9. The molecule has 134 heavy (non-hydrogen) atoms. The quantitative estimate of drug-likeness (QED) is 0.0822. The first kappa shape index (κ1) is 86.4. The number of nitrogens with zero attached hydrogens (tertiary/aromatic N) is 1. The monoisotopic (exact) mass is 1770 g/mol.